The lowest BCUT2D eigenvalue weighted by Crippen LogP contribution is -2.52. The van der Waals surface area contributed by atoms with Crippen LogP contribution in [0.5, 0.6) is 0 Å². The van der Waals surface area contributed by atoms with E-state index in [-0.39, 0.29) is 24.8 Å². The first-order valence-electron chi connectivity index (χ1n) is 7.87. The number of nitrogens with zero attached hydrogens (tertiary/aromatic N) is 2. The molecule has 23 heavy (non-hydrogen) atoms. The van der Waals surface area contributed by atoms with E-state index in [9.17, 15) is 14.4 Å². The molecule has 1 saturated heterocycles. The van der Waals surface area contributed by atoms with Crippen LogP contribution in [0.25, 0.3) is 0 Å². The van der Waals surface area contributed by atoms with Crippen molar-refractivity contribution in [1.82, 2.24) is 9.80 Å². The van der Waals surface area contributed by atoms with E-state index in [0.29, 0.717) is 13.0 Å². The zero-order valence-electron chi connectivity index (χ0n) is 14.4. The largest absolute Gasteiger partial charge is 0.444 e. The van der Waals surface area contributed by atoms with Crippen molar-refractivity contribution in [3.63, 3.8) is 0 Å². The second kappa shape index (κ2) is 8.00. The Morgan fingerprint density at radius 1 is 1.30 bits per heavy atom. The molecule has 0 aromatic carbocycles. The molecule has 1 aliphatic rings. The second-order valence-corrected chi connectivity index (χ2v) is 6.75. The van der Waals surface area contributed by atoms with Crippen molar-refractivity contribution in [1.29, 1.82) is 0 Å². The van der Waals surface area contributed by atoms with Gasteiger partial charge in [-0.3, -0.25) is 14.5 Å². The summed E-state index contributed by atoms with van der Waals surface area (Å²) in [5.74, 6) is 2.06. The van der Waals surface area contributed by atoms with E-state index < -0.39 is 17.7 Å². The van der Waals surface area contributed by atoms with Crippen LogP contribution in [0.2, 0.25) is 0 Å². The highest BCUT2D eigenvalue weighted by atomic mass is 16.6. The molecule has 1 aliphatic heterocycles. The number of piperidine rings is 1. The molecule has 0 aromatic rings. The first kappa shape index (κ1) is 19.0. The van der Waals surface area contributed by atoms with Gasteiger partial charge in [-0.25, -0.2) is 4.79 Å². The van der Waals surface area contributed by atoms with Gasteiger partial charge in [0, 0.05) is 6.54 Å². The third kappa shape index (κ3) is 5.93. The van der Waals surface area contributed by atoms with Gasteiger partial charge in [0.25, 0.3) is 0 Å². The normalized spacial score (nSPS) is 18.0. The van der Waals surface area contributed by atoms with E-state index in [4.69, 9.17) is 11.2 Å². The quantitative estimate of drug-likeness (QED) is 0.741. The van der Waals surface area contributed by atoms with E-state index in [0.717, 1.165) is 12.8 Å². The van der Waals surface area contributed by atoms with Gasteiger partial charge in [0.05, 0.1) is 12.6 Å². The number of likely N-dealkylation sites (tertiary alicyclic amines) is 1. The number of hydrogen-bond donors (Lipinski definition) is 0. The fourth-order valence-corrected chi connectivity index (χ4v) is 2.53. The molecule has 0 spiro atoms. The van der Waals surface area contributed by atoms with E-state index in [2.05, 4.69) is 5.92 Å². The Hall–Kier alpha value is -2.03. The summed E-state index contributed by atoms with van der Waals surface area (Å²) in [6.07, 6.45) is 7.11. The van der Waals surface area contributed by atoms with E-state index in [1.54, 1.807) is 25.7 Å². The lowest BCUT2D eigenvalue weighted by atomic mass is 9.99. The third-order valence-corrected chi connectivity index (χ3v) is 3.55. The summed E-state index contributed by atoms with van der Waals surface area (Å²) in [6.45, 7) is 7.07. The Kier molecular flexibility index (Phi) is 6.62. The van der Waals surface area contributed by atoms with Crippen LogP contribution in [-0.2, 0) is 14.3 Å². The average Bonchev–Trinajstić information content (AvgIpc) is 2.44. The van der Waals surface area contributed by atoms with Crippen LogP contribution < -0.4 is 0 Å². The third-order valence-electron chi connectivity index (χ3n) is 3.55. The topological polar surface area (TPSA) is 66.9 Å². The van der Waals surface area contributed by atoms with Gasteiger partial charge >= 0.3 is 6.09 Å². The highest BCUT2D eigenvalue weighted by Gasteiger charge is 2.32. The van der Waals surface area contributed by atoms with Gasteiger partial charge in [-0.05, 0) is 47.0 Å². The minimum absolute atomic E-state index is 0.0147. The Morgan fingerprint density at radius 3 is 2.48 bits per heavy atom. The van der Waals surface area contributed by atoms with Crippen molar-refractivity contribution in [2.45, 2.75) is 58.6 Å². The summed E-state index contributed by atoms with van der Waals surface area (Å²) < 4.78 is 5.27. The average molecular weight is 322 g/mol. The Labute approximate surface area is 138 Å². The highest BCUT2D eigenvalue weighted by Crippen LogP contribution is 2.18. The smallest absolute Gasteiger partial charge is 0.411 e. The Bertz CT molecular complexity index is 502. The van der Waals surface area contributed by atoms with Gasteiger partial charge in [0.2, 0.25) is 5.91 Å². The zero-order chi connectivity index (χ0) is 17.6. The highest BCUT2D eigenvalue weighted by molar-refractivity contribution is 5.89. The van der Waals surface area contributed by atoms with Gasteiger partial charge in [-0.2, -0.15) is 0 Å². The predicted octanol–water partition coefficient (Wildman–Crippen LogP) is 1.83. The molecule has 0 aliphatic carbocycles. The van der Waals surface area contributed by atoms with Crippen LogP contribution in [0, 0.1) is 12.3 Å². The number of ketones is 1. The standard InChI is InChI=1S/C17H26N2O4/c1-6-10-18(16(22)23-17(3,4)5)12-15(21)19-11-8-7-9-14(19)13(2)20/h1,14H,7-12H2,2-5H3. The van der Waals surface area contributed by atoms with Crippen LogP contribution in [0.3, 0.4) is 0 Å². The summed E-state index contributed by atoms with van der Waals surface area (Å²) >= 11 is 0. The van der Waals surface area contributed by atoms with Crippen LogP contribution in [-0.4, -0.2) is 58.9 Å². The molecule has 0 radical (unpaired) electrons. The molecular weight excluding hydrogens is 296 g/mol. The summed E-state index contributed by atoms with van der Waals surface area (Å²) in [6, 6.07) is -0.400. The SMILES string of the molecule is C#CCN(CC(=O)N1CCCCC1C(C)=O)C(=O)OC(C)(C)C. The van der Waals surface area contributed by atoms with Crippen LogP contribution in [0.1, 0.15) is 47.0 Å². The number of carbonyl (C=O) groups excluding carboxylic acids is 3. The maximum absolute atomic E-state index is 12.5. The monoisotopic (exact) mass is 322 g/mol. The first-order valence-corrected chi connectivity index (χ1v) is 7.87. The maximum Gasteiger partial charge on any atom is 0.411 e. The van der Waals surface area contributed by atoms with E-state index in [1.807, 2.05) is 0 Å². The molecule has 6 heteroatoms. The molecule has 6 nitrogen and oxygen atoms in total. The van der Waals surface area contributed by atoms with Crippen molar-refractivity contribution in [3.8, 4) is 12.3 Å². The number of terminal acetylenes is 1. The fourth-order valence-electron chi connectivity index (χ4n) is 2.53. The van der Waals surface area contributed by atoms with Crippen molar-refractivity contribution in [3.05, 3.63) is 0 Å². The number of ether oxygens (including phenoxy) is 1. The fraction of sp³-hybridized carbons (Fsp3) is 0.706. The van der Waals surface area contributed by atoms with E-state index >= 15 is 0 Å². The lowest BCUT2D eigenvalue weighted by Gasteiger charge is -2.35. The molecule has 0 saturated carbocycles. The molecule has 0 N–H and O–H groups in total. The van der Waals surface area contributed by atoms with Crippen molar-refractivity contribution >= 4 is 17.8 Å². The summed E-state index contributed by atoms with van der Waals surface area (Å²) in [7, 11) is 0. The molecule has 128 valence electrons. The Morgan fingerprint density at radius 2 is 1.96 bits per heavy atom. The molecule has 2 amide bonds. The number of rotatable bonds is 4. The molecular formula is C17H26N2O4. The first-order chi connectivity index (χ1) is 10.7. The number of Topliss-reactive ketones (excluding diaryl/α,β-unsaturated/α-hetero) is 1. The van der Waals surface area contributed by atoms with Crippen LogP contribution in [0.15, 0.2) is 0 Å². The number of hydrogen-bond acceptors (Lipinski definition) is 4. The Balaban J connectivity index is 2.78. The van der Waals surface area contributed by atoms with Crippen LogP contribution >= 0.6 is 0 Å². The van der Waals surface area contributed by atoms with E-state index in [1.165, 1.54) is 11.8 Å². The summed E-state index contributed by atoms with van der Waals surface area (Å²) in [5.41, 5.74) is -0.667. The maximum atomic E-state index is 12.5. The van der Waals surface area contributed by atoms with Gasteiger partial charge in [0.15, 0.2) is 5.78 Å². The second-order valence-electron chi connectivity index (χ2n) is 6.75. The van der Waals surface area contributed by atoms with Crippen molar-refractivity contribution < 1.29 is 19.1 Å². The molecule has 0 bridgehead atoms. The summed E-state index contributed by atoms with van der Waals surface area (Å²) in [4.78, 5) is 39.1. The number of amides is 2. The molecule has 0 aromatic heterocycles. The minimum atomic E-state index is -0.667. The van der Waals surface area contributed by atoms with Gasteiger partial charge in [0.1, 0.15) is 12.1 Å². The number of carbonyl (C=O) groups is 3. The minimum Gasteiger partial charge on any atom is -0.444 e. The van der Waals surface area contributed by atoms with Gasteiger partial charge in [-0.1, -0.05) is 5.92 Å². The lowest BCUT2D eigenvalue weighted by molar-refractivity contribution is -0.141. The van der Waals surface area contributed by atoms with Crippen molar-refractivity contribution in [2.24, 2.45) is 0 Å². The van der Waals surface area contributed by atoms with Crippen LogP contribution in [0.4, 0.5) is 4.79 Å². The molecule has 1 rings (SSSR count). The molecule has 1 heterocycles. The van der Waals surface area contributed by atoms with Crippen molar-refractivity contribution in [2.75, 3.05) is 19.6 Å². The summed E-state index contributed by atoms with van der Waals surface area (Å²) in [5, 5.41) is 0. The van der Waals surface area contributed by atoms with Gasteiger partial charge in [-0.15, -0.1) is 6.42 Å². The molecule has 1 unspecified atom stereocenters. The molecule has 1 atom stereocenters. The van der Waals surface area contributed by atoms with Gasteiger partial charge < -0.3 is 9.64 Å². The molecule has 1 fully saturated rings. The predicted molar refractivity (Wildman–Crippen MR) is 86.7 cm³/mol. The zero-order valence-corrected chi connectivity index (χ0v) is 14.4.